The average Bonchev–Trinajstić information content (AvgIpc) is 3.04. The molecule has 2 aliphatic rings. The van der Waals surface area contributed by atoms with Gasteiger partial charge in [-0.15, -0.1) is 0 Å². The summed E-state index contributed by atoms with van der Waals surface area (Å²) in [5.74, 6) is 1.85. The third-order valence-electron chi connectivity index (χ3n) is 4.41. The lowest BCUT2D eigenvalue weighted by Gasteiger charge is -2.27. The minimum atomic E-state index is 0.330. The number of hydrogen-bond acceptors (Lipinski definition) is 4. The van der Waals surface area contributed by atoms with E-state index >= 15 is 0 Å². The molecule has 1 saturated carbocycles. The van der Waals surface area contributed by atoms with Gasteiger partial charge in [-0.3, -0.25) is 0 Å². The van der Waals surface area contributed by atoms with Gasteiger partial charge in [-0.1, -0.05) is 12.8 Å². The highest BCUT2D eigenvalue weighted by Gasteiger charge is 2.22. The third-order valence-corrected chi connectivity index (χ3v) is 4.41. The minimum Gasteiger partial charge on any atom is -0.497 e. The second kappa shape index (κ2) is 7.14. The van der Waals surface area contributed by atoms with Gasteiger partial charge in [0.25, 0.3) is 0 Å². The highest BCUT2D eigenvalue weighted by Crippen LogP contribution is 2.34. The van der Waals surface area contributed by atoms with E-state index in [9.17, 15) is 0 Å². The molecule has 4 heteroatoms. The van der Waals surface area contributed by atoms with E-state index in [1.165, 1.54) is 31.2 Å². The number of hydrogen-bond donors (Lipinski definition) is 1. The van der Waals surface area contributed by atoms with Crippen LogP contribution in [0.4, 0.5) is 0 Å². The molecule has 1 atom stereocenters. The van der Waals surface area contributed by atoms with Crippen LogP contribution in [0.5, 0.6) is 11.5 Å². The van der Waals surface area contributed by atoms with E-state index in [4.69, 9.17) is 14.2 Å². The number of nitrogens with one attached hydrogen (secondary N) is 1. The molecule has 0 saturated heterocycles. The molecule has 1 aromatic carbocycles. The summed E-state index contributed by atoms with van der Waals surface area (Å²) >= 11 is 0. The lowest BCUT2D eigenvalue weighted by atomic mass is 10.0. The summed E-state index contributed by atoms with van der Waals surface area (Å²) in [6.45, 7) is 2.44. The van der Waals surface area contributed by atoms with Gasteiger partial charge < -0.3 is 19.5 Å². The maximum Gasteiger partial charge on any atom is 0.124 e. The molecule has 1 fully saturated rings. The van der Waals surface area contributed by atoms with Crippen LogP contribution >= 0.6 is 0 Å². The van der Waals surface area contributed by atoms with Gasteiger partial charge in [-0.25, -0.2) is 0 Å². The Balaban J connectivity index is 1.52. The zero-order valence-corrected chi connectivity index (χ0v) is 12.8. The fourth-order valence-electron chi connectivity index (χ4n) is 3.23. The first-order chi connectivity index (χ1) is 10.4. The van der Waals surface area contributed by atoms with Crippen molar-refractivity contribution in [2.24, 2.45) is 0 Å². The van der Waals surface area contributed by atoms with E-state index < -0.39 is 0 Å². The SMILES string of the molecule is COc1ccc2c(c1)C(NCCOC1CCCC1)CCO2. The Morgan fingerprint density at radius 3 is 2.90 bits per heavy atom. The van der Waals surface area contributed by atoms with Gasteiger partial charge in [0, 0.05) is 24.6 Å². The first-order valence-electron chi connectivity index (χ1n) is 8.02. The van der Waals surface area contributed by atoms with E-state index in [-0.39, 0.29) is 0 Å². The molecule has 0 bridgehead atoms. The van der Waals surface area contributed by atoms with Crippen LogP contribution in [-0.4, -0.2) is 33.0 Å². The van der Waals surface area contributed by atoms with Crippen LogP contribution in [0, 0.1) is 0 Å². The quantitative estimate of drug-likeness (QED) is 0.818. The zero-order valence-electron chi connectivity index (χ0n) is 12.8. The number of fused-ring (bicyclic) bond motifs is 1. The highest BCUT2D eigenvalue weighted by molar-refractivity contribution is 5.43. The average molecular weight is 291 g/mol. The van der Waals surface area contributed by atoms with Crippen LogP contribution in [0.3, 0.4) is 0 Å². The molecule has 0 radical (unpaired) electrons. The van der Waals surface area contributed by atoms with Gasteiger partial charge >= 0.3 is 0 Å². The first kappa shape index (κ1) is 14.7. The van der Waals surface area contributed by atoms with Crippen molar-refractivity contribution in [2.75, 3.05) is 26.9 Å². The summed E-state index contributed by atoms with van der Waals surface area (Å²) in [6, 6.07) is 6.35. The van der Waals surface area contributed by atoms with Crippen molar-refractivity contribution in [1.82, 2.24) is 5.32 Å². The topological polar surface area (TPSA) is 39.7 Å². The van der Waals surface area contributed by atoms with Crippen molar-refractivity contribution in [3.63, 3.8) is 0 Å². The Kier molecular flexibility index (Phi) is 4.99. The maximum atomic E-state index is 5.91. The molecule has 1 N–H and O–H groups in total. The predicted molar refractivity (Wildman–Crippen MR) is 82.1 cm³/mol. The Morgan fingerprint density at radius 1 is 1.24 bits per heavy atom. The fourth-order valence-corrected chi connectivity index (χ4v) is 3.23. The standard InChI is InChI=1S/C17H25NO3/c1-19-14-6-7-17-15(12-14)16(8-10-21-17)18-9-11-20-13-4-2-3-5-13/h6-7,12-13,16,18H,2-5,8-11H2,1H3. The molecule has 0 aromatic heterocycles. The van der Waals surface area contributed by atoms with Crippen molar-refractivity contribution in [1.29, 1.82) is 0 Å². The fraction of sp³-hybridized carbons (Fsp3) is 0.647. The molecule has 4 nitrogen and oxygen atoms in total. The molecule has 1 aliphatic carbocycles. The molecule has 1 heterocycles. The van der Waals surface area contributed by atoms with Crippen LogP contribution in [0.15, 0.2) is 18.2 Å². The smallest absolute Gasteiger partial charge is 0.124 e. The van der Waals surface area contributed by atoms with E-state index in [2.05, 4.69) is 11.4 Å². The summed E-state index contributed by atoms with van der Waals surface area (Å²) in [6.07, 6.45) is 6.60. The molecule has 3 rings (SSSR count). The van der Waals surface area contributed by atoms with Gasteiger partial charge in [0.1, 0.15) is 11.5 Å². The normalized spacial score (nSPS) is 21.9. The lowest BCUT2D eigenvalue weighted by Crippen LogP contribution is -2.30. The van der Waals surface area contributed by atoms with Gasteiger partial charge in [-0.2, -0.15) is 0 Å². The van der Waals surface area contributed by atoms with Crippen LogP contribution < -0.4 is 14.8 Å². The first-order valence-corrected chi connectivity index (χ1v) is 8.02. The second-order valence-electron chi connectivity index (χ2n) is 5.82. The number of benzene rings is 1. The van der Waals surface area contributed by atoms with Crippen molar-refractivity contribution >= 4 is 0 Å². The molecule has 1 aliphatic heterocycles. The largest absolute Gasteiger partial charge is 0.497 e. The molecule has 1 aromatic rings. The third kappa shape index (κ3) is 3.69. The molecule has 0 amide bonds. The van der Waals surface area contributed by atoms with E-state index in [0.29, 0.717) is 12.1 Å². The molecule has 0 spiro atoms. The Morgan fingerprint density at radius 2 is 2.10 bits per heavy atom. The molecule has 1 unspecified atom stereocenters. The Hall–Kier alpha value is -1.26. The lowest BCUT2D eigenvalue weighted by molar-refractivity contribution is 0.0583. The summed E-state index contributed by atoms with van der Waals surface area (Å²) in [4.78, 5) is 0. The summed E-state index contributed by atoms with van der Waals surface area (Å²) in [7, 11) is 1.70. The van der Waals surface area contributed by atoms with Gasteiger partial charge in [0.15, 0.2) is 0 Å². The molecule has 21 heavy (non-hydrogen) atoms. The van der Waals surface area contributed by atoms with Crippen LogP contribution in [0.2, 0.25) is 0 Å². The van der Waals surface area contributed by atoms with Gasteiger partial charge in [-0.05, 0) is 31.0 Å². The van der Waals surface area contributed by atoms with Crippen molar-refractivity contribution < 1.29 is 14.2 Å². The van der Waals surface area contributed by atoms with Crippen molar-refractivity contribution in [3.8, 4) is 11.5 Å². The van der Waals surface area contributed by atoms with Crippen molar-refractivity contribution in [2.45, 2.75) is 44.2 Å². The highest BCUT2D eigenvalue weighted by atomic mass is 16.5. The number of rotatable bonds is 6. The molecular weight excluding hydrogens is 266 g/mol. The van der Waals surface area contributed by atoms with Crippen LogP contribution in [0.25, 0.3) is 0 Å². The number of methoxy groups -OCH3 is 1. The molecular formula is C17H25NO3. The second-order valence-corrected chi connectivity index (χ2v) is 5.82. The van der Waals surface area contributed by atoms with E-state index in [1.807, 2.05) is 12.1 Å². The predicted octanol–water partition coefficient (Wildman–Crippen LogP) is 3.07. The summed E-state index contributed by atoms with van der Waals surface area (Å²) in [5.41, 5.74) is 1.20. The number of ether oxygens (including phenoxy) is 3. The van der Waals surface area contributed by atoms with E-state index in [0.717, 1.165) is 37.7 Å². The van der Waals surface area contributed by atoms with Gasteiger partial charge in [0.05, 0.1) is 26.4 Å². The molecule has 116 valence electrons. The maximum absolute atomic E-state index is 5.91. The zero-order chi connectivity index (χ0) is 14.5. The Bertz CT molecular complexity index is 457. The Labute approximate surface area is 126 Å². The minimum absolute atomic E-state index is 0.330. The van der Waals surface area contributed by atoms with E-state index in [1.54, 1.807) is 7.11 Å². The van der Waals surface area contributed by atoms with Crippen molar-refractivity contribution in [3.05, 3.63) is 23.8 Å². The van der Waals surface area contributed by atoms with Gasteiger partial charge in [0.2, 0.25) is 0 Å². The van der Waals surface area contributed by atoms with Crippen LogP contribution in [0.1, 0.15) is 43.7 Å². The monoisotopic (exact) mass is 291 g/mol. The van der Waals surface area contributed by atoms with Crippen LogP contribution in [-0.2, 0) is 4.74 Å². The summed E-state index contributed by atoms with van der Waals surface area (Å²) in [5, 5.41) is 3.59. The summed E-state index contributed by atoms with van der Waals surface area (Å²) < 4.78 is 16.9.